The van der Waals surface area contributed by atoms with Crippen molar-refractivity contribution in [1.29, 1.82) is 0 Å². The number of hydrogen-bond acceptors (Lipinski definition) is 4. The number of hydrogen-bond donors (Lipinski definition) is 3. The lowest BCUT2D eigenvalue weighted by Crippen LogP contribution is -2.23. The largest absolute Gasteiger partial charge is 0.288 e. The monoisotopic (exact) mass is 312 g/mol. The molecule has 0 aliphatic heterocycles. The number of rotatable bonds is 6. The molecule has 0 unspecified atom stereocenters. The van der Waals surface area contributed by atoms with Crippen LogP contribution in [0.4, 0.5) is 0 Å². The van der Waals surface area contributed by atoms with Gasteiger partial charge >= 0.3 is 0 Å². The lowest BCUT2D eigenvalue weighted by atomic mass is 10.1. The normalized spacial score (nSPS) is 10.5. The number of amides is 2. The molecule has 2 aromatic rings. The Morgan fingerprint density at radius 3 is 2.39 bits per heavy atom. The van der Waals surface area contributed by atoms with Gasteiger partial charge in [0.1, 0.15) is 0 Å². The number of nitrogens with one attached hydrogen (secondary N) is 2. The second kappa shape index (κ2) is 8.47. The maximum absolute atomic E-state index is 11.8. The molecule has 0 saturated carbocycles. The van der Waals surface area contributed by atoms with E-state index in [0.717, 1.165) is 11.1 Å². The molecule has 2 aromatic carbocycles. The first kappa shape index (κ1) is 16.4. The number of hydroxylamine groups is 2. The molecule has 0 aliphatic carbocycles. The third-order valence-electron chi connectivity index (χ3n) is 2.96. The quantitative estimate of drug-likeness (QED) is 0.433. The summed E-state index contributed by atoms with van der Waals surface area (Å²) in [5.41, 5.74) is 6.07. The van der Waals surface area contributed by atoms with Crippen LogP contribution in [0.15, 0.2) is 60.7 Å². The molecule has 0 aliphatic rings. The summed E-state index contributed by atoms with van der Waals surface area (Å²) in [4.78, 5) is 27.8. The number of benzene rings is 2. The molecule has 118 valence electrons. The van der Waals surface area contributed by atoms with Gasteiger partial charge in [-0.25, -0.2) is 11.0 Å². The van der Waals surface area contributed by atoms with E-state index in [-0.39, 0.29) is 12.5 Å². The van der Waals surface area contributed by atoms with Gasteiger partial charge in [-0.1, -0.05) is 42.5 Å². The van der Waals surface area contributed by atoms with Crippen LogP contribution in [0, 0.1) is 0 Å². The average molecular weight is 312 g/mol. The van der Waals surface area contributed by atoms with Gasteiger partial charge in [-0.3, -0.25) is 19.6 Å². The highest BCUT2D eigenvalue weighted by Crippen LogP contribution is 2.07. The first-order valence-electron chi connectivity index (χ1n) is 6.87. The van der Waals surface area contributed by atoms with Crippen LogP contribution < -0.4 is 11.0 Å². The molecule has 0 heterocycles. The van der Waals surface area contributed by atoms with Crippen molar-refractivity contribution < 1.29 is 19.6 Å². The molecule has 6 heteroatoms. The van der Waals surface area contributed by atoms with Crippen LogP contribution in [-0.4, -0.2) is 17.0 Å². The van der Waals surface area contributed by atoms with Crippen molar-refractivity contribution in [1.82, 2.24) is 11.0 Å². The molecule has 0 spiro atoms. The SMILES string of the molecule is O=C(/C=C/c1ccc(CONC(=O)c2ccccc2)cc1)NO. The fourth-order valence-corrected chi connectivity index (χ4v) is 1.77. The zero-order valence-corrected chi connectivity index (χ0v) is 12.2. The molecule has 6 nitrogen and oxygen atoms in total. The summed E-state index contributed by atoms with van der Waals surface area (Å²) in [6.07, 6.45) is 2.78. The van der Waals surface area contributed by atoms with Gasteiger partial charge in [-0.05, 0) is 29.3 Å². The third-order valence-corrected chi connectivity index (χ3v) is 2.96. The van der Waals surface area contributed by atoms with Crippen LogP contribution in [-0.2, 0) is 16.2 Å². The second-order valence-electron chi connectivity index (χ2n) is 4.64. The van der Waals surface area contributed by atoms with Gasteiger partial charge in [0.25, 0.3) is 11.8 Å². The Hall–Kier alpha value is -2.96. The van der Waals surface area contributed by atoms with Crippen LogP contribution in [0.1, 0.15) is 21.5 Å². The molecule has 0 atom stereocenters. The van der Waals surface area contributed by atoms with Crippen molar-refractivity contribution in [2.75, 3.05) is 0 Å². The molecule has 2 amide bonds. The van der Waals surface area contributed by atoms with Crippen LogP contribution in [0.25, 0.3) is 6.08 Å². The highest BCUT2D eigenvalue weighted by Gasteiger charge is 2.03. The van der Waals surface area contributed by atoms with Gasteiger partial charge in [0.05, 0.1) is 6.61 Å². The topological polar surface area (TPSA) is 87.7 Å². The first-order chi connectivity index (χ1) is 11.2. The average Bonchev–Trinajstić information content (AvgIpc) is 2.61. The Balaban J connectivity index is 1.81. The molecule has 0 saturated heterocycles. The summed E-state index contributed by atoms with van der Waals surface area (Å²) >= 11 is 0. The van der Waals surface area contributed by atoms with Gasteiger partial charge in [0, 0.05) is 11.6 Å². The molecular formula is C17H16N2O4. The highest BCUT2D eigenvalue weighted by molar-refractivity contribution is 5.93. The lowest BCUT2D eigenvalue weighted by Gasteiger charge is -2.06. The van der Waals surface area contributed by atoms with E-state index < -0.39 is 5.91 Å². The van der Waals surface area contributed by atoms with Gasteiger partial charge in [0.2, 0.25) is 0 Å². The van der Waals surface area contributed by atoms with Crippen LogP contribution in [0.2, 0.25) is 0 Å². The first-order valence-corrected chi connectivity index (χ1v) is 6.87. The molecule has 2 rings (SSSR count). The van der Waals surface area contributed by atoms with Crippen molar-refractivity contribution in [2.45, 2.75) is 6.61 Å². The van der Waals surface area contributed by atoms with E-state index in [1.54, 1.807) is 42.5 Å². The van der Waals surface area contributed by atoms with Crippen LogP contribution >= 0.6 is 0 Å². The van der Waals surface area contributed by atoms with Gasteiger partial charge in [0.15, 0.2) is 0 Å². The zero-order chi connectivity index (χ0) is 16.5. The van der Waals surface area contributed by atoms with Crippen molar-refractivity contribution in [2.24, 2.45) is 0 Å². The van der Waals surface area contributed by atoms with Gasteiger partial charge in [-0.15, -0.1) is 0 Å². The van der Waals surface area contributed by atoms with E-state index in [1.807, 2.05) is 18.2 Å². The summed E-state index contributed by atoms with van der Waals surface area (Å²) in [7, 11) is 0. The molecule has 3 N–H and O–H groups in total. The smallest absolute Gasteiger partial charge is 0.274 e. The zero-order valence-electron chi connectivity index (χ0n) is 12.2. The molecule has 0 bridgehead atoms. The van der Waals surface area contributed by atoms with E-state index >= 15 is 0 Å². The Bertz CT molecular complexity index is 681. The Labute approximate surface area is 133 Å². The Morgan fingerprint density at radius 2 is 1.74 bits per heavy atom. The minimum atomic E-state index is -0.596. The van der Waals surface area contributed by atoms with E-state index in [9.17, 15) is 9.59 Å². The van der Waals surface area contributed by atoms with Crippen molar-refractivity contribution in [3.05, 3.63) is 77.4 Å². The lowest BCUT2D eigenvalue weighted by molar-refractivity contribution is -0.124. The Morgan fingerprint density at radius 1 is 1.04 bits per heavy atom. The number of carbonyl (C=O) groups excluding carboxylic acids is 2. The highest BCUT2D eigenvalue weighted by atomic mass is 16.6. The predicted octanol–water partition coefficient (Wildman–Crippen LogP) is 2.07. The Kier molecular flexibility index (Phi) is 6.05. The molecule has 23 heavy (non-hydrogen) atoms. The maximum Gasteiger partial charge on any atom is 0.274 e. The van der Waals surface area contributed by atoms with E-state index in [1.165, 1.54) is 11.6 Å². The standard InChI is InChI=1S/C17H16N2O4/c20-16(18-22)11-10-13-6-8-14(9-7-13)12-23-19-17(21)15-4-2-1-3-5-15/h1-11,22H,12H2,(H,18,20)(H,19,21)/b11-10+. The van der Waals surface area contributed by atoms with Gasteiger partial charge < -0.3 is 0 Å². The van der Waals surface area contributed by atoms with Gasteiger partial charge in [-0.2, -0.15) is 0 Å². The summed E-state index contributed by atoms with van der Waals surface area (Å²) < 4.78 is 0. The van der Waals surface area contributed by atoms with E-state index in [2.05, 4.69) is 5.48 Å². The fourth-order valence-electron chi connectivity index (χ4n) is 1.77. The van der Waals surface area contributed by atoms with Crippen LogP contribution in [0.5, 0.6) is 0 Å². The van der Waals surface area contributed by atoms with Crippen molar-refractivity contribution >= 4 is 17.9 Å². The third kappa shape index (κ3) is 5.39. The minimum absolute atomic E-state index is 0.222. The molecule has 0 radical (unpaired) electrons. The van der Waals surface area contributed by atoms with E-state index in [4.69, 9.17) is 10.0 Å². The van der Waals surface area contributed by atoms with Crippen molar-refractivity contribution in [3.63, 3.8) is 0 Å². The summed E-state index contributed by atoms with van der Waals surface area (Å²) in [6.45, 7) is 0.222. The molecule has 0 aromatic heterocycles. The summed E-state index contributed by atoms with van der Waals surface area (Å²) in [5, 5.41) is 8.38. The fraction of sp³-hybridized carbons (Fsp3) is 0.0588. The van der Waals surface area contributed by atoms with Crippen LogP contribution in [0.3, 0.4) is 0 Å². The summed E-state index contributed by atoms with van der Waals surface area (Å²) in [6, 6.07) is 16.0. The number of carbonyl (C=O) groups is 2. The molecule has 0 fully saturated rings. The second-order valence-corrected chi connectivity index (χ2v) is 4.64. The summed E-state index contributed by atoms with van der Waals surface area (Å²) in [5.74, 6) is -0.902. The molecular weight excluding hydrogens is 296 g/mol. The van der Waals surface area contributed by atoms with Crippen molar-refractivity contribution in [3.8, 4) is 0 Å². The van der Waals surface area contributed by atoms with E-state index in [0.29, 0.717) is 5.56 Å². The predicted molar refractivity (Wildman–Crippen MR) is 84.1 cm³/mol. The minimum Gasteiger partial charge on any atom is -0.288 e. The maximum atomic E-state index is 11.8.